The zero-order chi connectivity index (χ0) is 10.7. The van der Waals surface area contributed by atoms with E-state index >= 15 is 0 Å². The van der Waals surface area contributed by atoms with Gasteiger partial charge in [0.05, 0.1) is 23.1 Å². The Labute approximate surface area is 98.8 Å². The number of thioether (sulfide) groups is 1. The quantitative estimate of drug-likeness (QED) is 0.797. The van der Waals surface area contributed by atoms with Crippen LogP contribution in [0, 0.1) is 0 Å². The van der Waals surface area contributed by atoms with Crippen LogP contribution in [0.1, 0.15) is 0 Å². The second-order valence-electron chi connectivity index (χ2n) is 3.03. The normalized spacial score (nSPS) is 22.3. The van der Waals surface area contributed by atoms with Gasteiger partial charge in [-0.25, -0.2) is 0 Å². The van der Waals surface area contributed by atoms with Crippen molar-refractivity contribution in [2.24, 2.45) is 4.99 Å². The van der Waals surface area contributed by atoms with Crippen molar-refractivity contribution in [2.75, 3.05) is 7.11 Å². The Morgan fingerprint density at radius 3 is 2.60 bits per heavy atom. The Morgan fingerprint density at radius 2 is 2.07 bits per heavy atom. The van der Waals surface area contributed by atoms with Gasteiger partial charge >= 0.3 is 0 Å². The summed E-state index contributed by atoms with van der Waals surface area (Å²) in [7, 11) is 1.65. The van der Waals surface area contributed by atoms with E-state index in [0.29, 0.717) is 0 Å². The van der Waals surface area contributed by atoms with Crippen molar-refractivity contribution >= 4 is 35.8 Å². The lowest BCUT2D eigenvalue weighted by Gasteiger charge is -2.03. The van der Waals surface area contributed by atoms with Gasteiger partial charge in [0, 0.05) is 0 Å². The molecule has 78 valence electrons. The molecule has 0 aliphatic carbocycles. The molecule has 0 bridgehead atoms. The van der Waals surface area contributed by atoms with Crippen LogP contribution < -0.4 is 4.74 Å². The van der Waals surface area contributed by atoms with E-state index in [9.17, 15) is 0 Å². The fraction of sp³-hybridized carbons (Fsp3) is 0.182. The van der Waals surface area contributed by atoms with Gasteiger partial charge in [0.25, 0.3) is 0 Å². The zero-order valence-electron chi connectivity index (χ0n) is 8.25. The highest BCUT2D eigenvalue weighted by Crippen LogP contribution is 2.27. The third-order valence-corrected chi connectivity index (χ3v) is 3.45. The van der Waals surface area contributed by atoms with Crippen molar-refractivity contribution in [1.82, 2.24) is 0 Å². The molecule has 1 aromatic rings. The first kappa shape index (κ1) is 10.6. The number of hydrogen-bond acceptors (Lipinski definition) is 4. The molecular weight excluding hydrogens is 226 g/mol. The van der Waals surface area contributed by atoms with Crippen LogP contribution in [0.3, 0.4) is 0 Å². The lowest BCUT2D eigenvalue weighted by atomic mass is 10.3. The number of hydrogen-bond donors (Lipinski definition) is 1. The Morgan fingerprint density at radius 1 is 1.33 bits per heavy atom. The maximum Gasteiger partial charge on any atom is 0.119 e. The van der Waals surface area contributed by atoms with E-state index in [1.165, 1.54) is 0 Å². The van der Waals surface area contributed by atoms with Crippen molar-refractivity contribution in [2.45, 2.75) is 4.58 Å². The molecule has 1 aromatic carbocycles. The Bertz CT molecular complexity index is 398. The van der Waals surface area contributed by atoms with Crippen LogP contribution in [0.2, 0.25) is 0 Å². The average Bonchev–Trinajstić information content (AvgIpc) is 2.66. The molecule has 4 heteroatoms. The molecule has 0 radical (unpaired) electrons. The van der Waals surface area contributed by atoms with Gasteiger partial charge in [-0.05, 0) is 35.7 Å². The molecular formula is C11H11NOS2. The maximum absolute atomic E-state index is 5.08. The molecule has 0 amide bonds. The molecule has 0 saturated heterocycles. The van der Waals surface area contributed by atoms with E-state index in [0.717, 1.165) is 17.1 Å². The second kappa shape index (κ2) is 4.77. The van der Waals surface area contributed by atoms with Crippen molar-refractivity contribution < 1.29 is 4.74 Å². The van der Waals surface area contributed by atoms with Gasteiger partial charge in [0.1, 0.15) is 5.75 Å². The van der Waals surface area contributed by atoms with E-state index in [-0.39, 0.29) is 4.58 Å². The van der Waals surface area contributed by atoms with Crippen LogP contribution in [0.5, 0.6) is 5.75 Å². The Hall–Kier alpha value is -0.870. The SMILES string of the molecule is COc1ccc(N=C2C=CSC2S)cc1. The Balaban J connectivity index is 2.20. The standard InChI is InChI=1S/C11H11NOS2/c1-13-9-4-2-8(3-5-9)12-10-6-7-15-11(10)14/h2-7,11,14H,1H3. The molecule has 2 rings (SSSR count). The fourth-order valence-corrected chi connectivity index (χ4v) is 2.23. The topological polar surface area (TPSA) is 21.6 Å². The van der Waals surface area contributed by atoms with Gasteiger partial charge in [0.2, 0.25) is 0 Å². The number of rotatable bonds is 2. The number of ether oxygens (including phenoxy) is 1. The molecule has 1 heterocycles. The minimum atomic E-state index is 0.159. The van der Waals surface area contributed by atoms with Gasteiger partial charge in [-0.2, -0.15) is 12.6 Å². The van der Waals surface area contributed by atoms with E-state index < -0.39 is 0 Å². The van der Waals surface area contributed by atoms with Gasteiger partial charge in [-0.15, -0.1) is 11.8 Å². The van der Waals surface area contributed by atoms with E-state index in [4.69, 9.17) is 4.74 Å². The first-order chi connectivity index (χ1) is 7.29. The fourth-order valence-electron chi connectivity index (χ4n) is 1.23. The summed E-state index contributed by atoms with van der Waals surface area (Å²) in [5.74, 6) is 0.845. The summed E-state index contributed by atoms with van der Waals surface area (Å²) in [5.41, 5.74) is 1.92. The summed E-state index contributed by atoms with van der Waals surface area (Å²) in [4.78, 5) is 4.49. The summed E-state index contributed by atoms with van der Waals surface area (Å²) in [6.07, 6.45) is 1.99. The van der Waals surface area contributed by atoms with Crippen LogP contribution in [0.25, 0.3) is 0 Å². The number of methoxy groups -OCH3 is 1. The van der Waals surface area contributed by atoms with Crippen LogP contribution in [0.15, 0.2) is 40.7 Å². The van der Waals surface area contributed by atoms with Gasteiger partial charge < -0.3 is 4.74 Å². The van der Waals surface area contributed by atoms with Crippen molar-refractivity contribution in [3.8, 4) is 5.75 Å². The number of nitrogens with zero attached hydrogens (tertiary/aromatic N) is 1. The number of aliphatic imine (C=N–C) groups is 1. The van der Waals surface area contributed by atoms with Crippen molar-refractivity contribution in [3.05, 3.63) is 35.7 Å². The summed E-state index contributed by atoms with van der Waals surface area (Å²) in [6, 6.07) is 7.67. The van der Waals surface area contributed by atoms with Crippen molar-refractivity contribution in [1.29, 1.82) is 0 Å². The number of benzene rings is 1. The highest BCUT2D eigenvalue weighted by Gasteiger charge is 2.13. The van der Waals surface area contributed by atoms with Gasteiger partial charge in [0.15, 0.2) is 0 Å². The molecule has 0 fully saturated rings. The third-order valence-electron chi connectivity index (χ3n) is 2.03. The van der Waals surface area contributed by atoms with Gasteiger partial charge in [-0.3, -0.25) is 4.99 Å². The van der Waals surface area contributed by atoms with Gasteiger partial charge in [-0.1, -0.05) is 0 Å². The first-order valence-corrected chi connectivity index (χ1v) is 5.98. The largest absolute Gasteiger partial charge is 0.497 e. The second-order valence-corrected chi connectivity index (χ2v) is 4.91. The highest BCUT2D eigenvalue weighted by molar-refractivity contribution is 8.13. The summed E-state index contributed by atoms with van der Waals surface area (Å²) in [6.45, 7) is 0. The van der Waals surface area contributed by atoms with Crippen LogP contribution in [-0.4, -0.2) is 17.4 Å². The predicted octanol–water partition coefficient (Wildman–Crippen LogP) is 3.28. The van der Waals surface area contributed by atoms with E-state index in [1.54, 1.807) is 18.9 Å². The average molecular weight is 237 g/mol. The van der Waals surface area contributed by atoms with Crippen LogP contribution in [0.4, 0.5) is 5.69 Å². The summed E-state index contributed by atoms with van der Waals surface area (Å²) in [5, 5.41) is 2.01. The zero-order valence-corrected chi connectivity index (χ0v) is 9.96. The first-order valence-electron chi connectivity index (χ1n) is 4.52. The molecule has 1 aliphatic rings. The van der Waals surface area contributed by atoms with Crippen molar-refractivity contribution in [3.63, 3.8) is 0 Å². The predicted molar refractivity (Wildman–Crippen MR) is 69.6 cm³/mol. The summed E-state index contributed by atoms with van der Waals surface area (Å²) >= 11 is 6.06. The number of allylic oxidation sites excluding steroid dienone is 1. The molecule has 1 aliphatic heterocycles. The van der Waals surface area contributed by atoms with E-state index in [1.807, 2.05) is 35.7 Å². The van der Waals surface area contributed by atoms with E-state index in [2.05, 4.69) is 17.6 Å². The molecule has 0 saturated carbocycles. The molecule has 1 atom stereocenters. The number of thiol groups is 1. The monoisotopic (exact) mass is 237 g/mol. The highest BCUT2D eigenvalue weighted by atomic mass is 32.2. The van der Waals surface area contributed by atoms with Crippen LogP contribution >= 0.6 is 24.4 Å². The minimum absolute atomic E-state index is 0.159. The molecule has 1 unspecified atom stereocenters. The lowest BCUT2D eigenvalue weighted by molar-refractivity contribution is 0.415. The third kappa shape index (κ3) is 2.58. The molecule has 0 N–H and O–H groups in total. The Kier molecular flexibility index (Phi) is 3.38. The molecule has 15 heavy (non-hydrogen) atoms. The smallest absolute Gasteiger partial charge is 0.119 e. The minimum Gasteiger partial charge on any atom is -0.497 e. The van der Waals surface area contributed by atoms with Crippen LogP contribution in [-0.2, 0) is 0 Å². The molecule has 0 spiro atoms. The molecule has 2 nitrogen and oxygen atoms in total. The maximum atomic E-state index is 5.08. The molecule has 0 aromatic heterocycles. The summed E-state index contributed by atoms with van der Waals surface area (Å²) < 4.78 is 5.24. The lowest BCUT2D eigenvalue weighted by Crippen LogP contribution is -2.01.